The van der Waals surface area contributed by atoms with E-state index in [0.717, 1.165) is 18.2 Å². The van der Waals surface area contributed by atoms with Crippen molar-refractivity contribution in [2.75, 3.05) is 11.9 Å². The summed E-state index contributed by atoms with van der Waals surface area (Å²) >= 11 is 0. The molecule has 8 heteroatoms. The lowest BCUT2D eigenvalue weighted by Gasteiger charge is -2.10. The smallest absolute Gasteiger partial charge is 0.416 e. The van der Waals surface area contributed by atoms with Crippen LogP contribution in [0.25, 0.3) is 0 Å². The lowest BCUT2D eigenvalue weighted by atomic mass is 10.2. The van der Waals surface area contributed by atoms with Gasteiger partial charge in [0.25, 0.3) is 5.91 Å². The fourth-order valence-corrected chi connectivity index (χ4v) is 1.83. The second-order valence-electron chi connectivity index (χ2n) is 4.72. The summed E-state index contributed by atoms with van der Waals surface area (Å²) in [6.45, 7) is -0.705. The summed E-state index contributed by atoms with van der Waals surface area (Å²) in [5.74, 6) is -2.04. The number of phenolic OH excluding ortho intramolecular Hbond substituents is 1. The number of carbonyl (C=O) groups is 2. The third-order valence-corrected chi connectivity index (χ3v) is 2.93. The molecule has 0 radical (unpaired) electrons. The molecule has 0 aliphatic carbocycles. The maximum atomic E-state index is 12.6. The van der Waals surface area contributed by atoms with E-state index in [0.29, 0.717) is 0 Å². The number of alkyl halides is 3. The Morgan fingerprint density at radius 3 is 2.46 bits per heavy atom. The number of ether oxygens (including phenoxy) is 1. The average molecular weight is 339 g/mol. The van der Waals surface area contributed by atoms with Crippen LogP contribution in [-0.4, -0.2) is 23.6 Å². The number of hydrogen-bond acceptors (Lipinski definition) is 4. The van der Waals surface area contributed by atoms with Crippen LogP contribution < -0.4 is 5.32 Å². The van der Waals surface area contributed by atoms with Crippen molar-refractivity contribution in [3.05, 3.63) is 59.7 Å². The minimum Gasteiger partial charge on any atom is -0.507 e. The summed E-state index contributed by atoms with van der Waals surface area (Å²) in [6, 6.07) is 9.65. The number of amides is 1. The van der Waals surface area contributed by atoms with Gasteiger partial charge in [-0.3, -0.25) is 4.79 Å². The van der Waals surface area contributed by atoms with Crippen molar-refractivity contribution in [3.63, 3.8) is 0 Å². The Balaban J connectivity index is 1.95. The van der Waals surface area contributed by atoms with Gasteiger partial charge < -0.3 is 15.2 Å². The first-order chi connectivity index (χ1) is 11.3. The Kier molecular flexibility index (Phi) is 5.08. The molecule has 0 unspecified atom stereocenters. The van der Waals surface area contributed by atoms with Crippen molar-refractivity contribution in [1.29, 1.82) is 0 Å². The number of hydrogen-bond donors (Lipinski definition) is 2. The quantitative estimate of drug-likeness (QED) is 0.839. The Morgan fingerprint density at radius 1 is 1.08 bits per heavy atom. The van der Waals surface area contributed by atoms with Gasteiger partial charge in [0.2, 0.25) is 0 Å². The van der Waals surface area contributed by atoms with E-state index in [1.807, 2.05) is 0 Å². The van der Waals surface area contributed by atoms with Crippen molar-refractivity contribution in [1.82, 2.24) is 0 Å². The van der Waals surface area contributed by atoms with Gasteiger partial charge in [-0.05, 0) is 30.3 Å². The van der Waals surface area contributed by atoms with Crippen LogP contribution in [0, 0.1) is 0 Å². The number of anilines is 1. The number of halogens is 3. The van der Waals surface area contributed by atoms with Crippen LogP contribution in [0.4, 0.5) is 18.9 Å². The maximum absolute atomic E-state index is 12.6. The molecule has 1 amide bonds. The third kappa shape index (κ3) is 4.48. The van der Waals surface area contributed by atoms with Crippen LogP contribution >= 0.6 is 0 Å². The first-order valence-corrected chi connectivity index (χ1v) is 6.69. The molecular weight excluding hydrogens is 327 g/mol. The Morgan fingerprint density at radius 2 is 1.79 bits per heavy atom. The lowest BCUT2D eigenvalue weighted by molar-refractivity contribution is -0.137. The number of nitrogens with one attached hydrogen (secondary N) is 1. The molecule has 0 aliphatic rings. The normalized spacial score (nSPS) is 11.0. The monoisotopic (exact) mass is 339 g/mol. The van der Waals surface area contributed by atoms with Gasteiger partial charge in [0.1, 0.15) is 11.3 Å². The highest BCUT2D eigenvalue weighted by atomic mass is 19.4. The molecule has 0 atom stereocenters. The van der Waals surface area contributed by atoms with Gasteiger partial charge >= 0.3 is 12.1 Å². The van der Waals surface area contributed by atoms with E-state index in [1.165, 1.54) is 30.3 Å². The number of rotatable bonds is 4. The second-order valence-corrected chi connectivity index (χ2v) is 4.72. The van der Waals surface area contributed by atoms with Crippen molar-refractivity contribution < 1.29 is 32.6 Å². The first kappa shape index (κ1) is 17.3. The van der Waals surface area contributed by atoms with Gasteiger partial charge in [-0.25, -0.2) is 4.79 Å². The molecule has 2 aromatic rings. The molecule has 2 N–H and O–H groups in total. The lowest BCUT2D eigenvalue weighted by Crippen LogP contribution is -2.21. The molecule has 126 valence electrons. The minimum absolute atomic E-state index is 0.0755. The molecule has 0 saturated carbocycles. The van der Waals surface area contributed by atoms with E-state index in [2.05, 4.69) is 5.32 Å². The molecule has 0 saturated heterocycles. The number of esters is 1. The molecular formula is C16H12F3NO4. The molecule has 2 aromatic carbocycles. The molecule has 24 heavy (non-hydrogen) atoms. The zero-order valence-electron chi connectivity index (χ0n) is 12.1. The van der Waals surface area contributed by atoms with Gasteiger partial charge in [-0.2, -0.15) is 13.2 Å². The molecule has 0 fully saturated rings. The van der Waals surface area contributed by atoms with Crippen molar-refractivity contribution in [3.8, 4) is 5.75 Å². The van der Waals surface area contributed by atoms with Gasteiger partial charge in [0.15, 0.2) is 6.61 Å². The molecule has 5 nitrogen and oxygen atoms in total. The van der Waals surface area contributed by atoms with E-state index < -0.39 is 30.2 Å². The first-order valence-electron chi connectivity index (χ1n) is 6.69. The van der Waals surface area contributed by atoms with Crippen LogP contribution in [0.1, 0.15) is 15.9 Å². The zero-order valence-corrected chi connectivity index (χ0v) is 12.1. The Bertz CT molecular complexity index is 759. The highest BCUT2D eigenvalue weighted by Crippen LogP contribution is 2.30. The number of carbonyl (C=O) groups excluding carboxylic acids is 2. The summed E-state index contributed by atoms with van der Waals surface area (Å²) < 4.78 is 42.4. The Labute approximate surface area is 134 Å². The number of aromatic hydroxyl groups is 1. The van der Waals surface area contributed by atoms with E-state index in [1.54, 1.807) is 0 Å². The predicted molar refractivity (Wildman–Crippen MR) is 78.5 cm³/mol. The van der Waals surface area contributed by atoms with E-state index in [-0.39, 0.29) is 17.0 Å². The largest absolute Gasteiger partial charge is 0.507 e. The van der Waals surface area contributed by atoms with Crippen LogP contribution in [0.5, 0.6) is 5.75 Å². The molecule has 0 heterocycles. The van der Waals surface area contributed by atoms with Crippen LogP contribution in [0.3, 0.4) is 0 Å². The fraction of sp³-hybridized carbons (Fsp3) is 0.125. The van der Waals surface area contributed by atoms with E-state index >= 15 is 0 Å². The van der Waals surface area contributed by atoms with Gasteiger partial charge in [-0.1, -0.05) is 18.2 Å². The Hall–Kier alpha value is -3.03. The summed E-state index contributed by atoms with van der Waals surface area (Å²) in [5, 5.41) is 11.7. The molecule has 0 aliphatic heterocycles. The second kappa shape index (κ2) is 7.03. The van der Waals surface area contributed by atoms with Crippen molar-refractivity contribution in [2.45, 2.75) is 6.18 Å². The summed E-state index contributed by atoms with van der Waals surface area (Å²) in [5.41, 5.74) is -1.11. The summed E-state index contributed by atoms with van der Waals surface area (Å²) in [6.07, 6.45) is -4.53. The molecule has 2 rings (SSSR count). The summed E-state index contributed by atoms with van der Waals surface area (Å²) in [7, 11) is 0. The molecule has 0 bridgehead atoms. The number of para-hydroxylation sites is 1. The fourth-order valence-electron chi connectivity index (χ4n) is 1.83. The van der Waals surface area contributed by atoms with E-state index in [4.69, 9.17) is 4.74 Å². The van der Waals surface area contributed by atoms with Crippen LogP contribution in [0.2, 0.25) is 0 Å². The topological polar surface area (TPSA) is 75.6 Å². The number of phenols is 1. The van der Waals surface area contributed by atoms with Gasteiger partial charge in [0.05, 0.1) is 5.56 Å². The van der Waals surface area contributed by atoms with Crippen LogP contribution in [-0.2, 0) is 15.7 Å². The highest BCUT2D eigenvalue weighted by Gasteiger charge is 2.30. The number of benzene rings is 2. The van der Waals surface area contributed by atoms with Crippen molar-refractivity contribution >= 4 is 17.6 Å². The maximum Gasteiger partial charge on any atom is 0.416 e. The van der Waals surface area contributed by atoms with Gasteiger partial charge in [-0.15, -0.1) is 0 Å². The third-order valence-electron chi connectivity index (χ3n) is 2.93. The molecule has 0 aromatic heterocycles. The van der Waals surface area contributed by atoms with E-state index in [9.17, 15) is 27.9 Å². The zero-order chi connectivity index (χ0) is 17.7. The van der Waals surface area contributed by atoms with Gasteiger partial charge in [0, 0.05) is 5.69 Å². The van der Waals surface area contributed by atoms with Crippen LogP contribution in [0.15, 0.2) is 48.5 Å². The highest BCUT2D eigenvalue weighted by molar-refractivity contribution is 5.96. The van der Waals surface area contributed by atoms with Crippen molar-refractivity contribution in [2.24, 2.45) is 0 Å². The summed E-state index contributed by atoms with van der Waals surface area (Å²) in [4.78, 5) is 23.4. The predicted octanol–water partition coefficient (Wildman–Crippen LogP) is 3.21. The SMILES string of the molecule is O=C(COC(=O)c1ccccc1O)Nc1cccc(C(F)(F)F)c1. The standard InChI is InChI=1S/C16H12F3NO4/c17-16(18,19)10-4-3-5-11(8-10)20-14(22)9-24-15(23)12-6-1-2-7-13(12)21/h1-8,21H,9H2,(H,20,22). The average Bonchev–Trinajstić information content (AvgIpc) is 2.52. The minimum atomic E-state index is -4.53. The molecule has 0 spiro atoms.